The zero-order valence-corrected chi connectivity index (χ0v) is 9.79. The average Bonchev–Trinajstić information content (AvgIpc) is 2.18. The monoisotopic (exact) mass is 212 g/mol. The second kappa shape index (κ2) is 5.33. The van der Waals surface area contributed by atoms with E-state index in [1.54, 1.807) is 7.11 Å². The molecule has 2 nitrogen and oxygen atoms in total. The lowest BCUT2D eigenvalue weighted by Gasteiger charge is -2.14. The number of ether oxygens (including phenoxy) is 1. The van der Waals surface area contributed by atoms with Crippen LogP contribution in [0.15, 0.2) is 24.3 Å². The van der Waals surface area contributed by atoms with Crippen molar-refractivity contribution in [3.63, 3.8) is 0 Å². The molecule has 78 valence electrons. The second-order valence-electron chi connectivity index (χ2n) is 3.48. The Bertz CT molecular complexity index is 286. The summed E-state index contributed by atoms with van der Waals surface area (Å²) in [5.41, 5.74) is 1.57. The molecule has 0 aliphatic carbocycles. The van der Waals surface area contributed by atoms with Gasteiger partial charge in [0.2, 0.25) is 0 Å². The number of hydrogen-bond acceptors (Lipinski definition) is 2. The lowest BCUT2D eigenvalue weighted by atomic mass is 10.1. The third kappa shape index (κ3) is 3.28. The predicted octanol–water partition coefficient (Wildman–Crippen LogP) is 2.65. The first-order valence-electron chi connectivity index (χ1n) is 4.68. The molecule has 0 bridgehead atoms. The summed E-state index contributed by atoms with van der Waals surface area (Å²) < 4.78 is 5.14. The van der Waals surface area contributed by atoms with Crippen LogP contribution < -0.4 is 4.74 Å². The zero-order valence-electron chi connectivity index (χ0n) is 8.90. The lowest BCUT2D eigenvalue weighted by Crippen LogP contribution is -2.03. The molecule has 1 rings (SSSR count). The van der Waals surface area contributed by atoms with Crippen molar-refractivity contribution in [1.29, 1.82) is 0 Å². The van der Waals surface area contributed by atoms with Gasteiger partial charge >= 0.3 is 0 Å². The summed E-state index contributed by atoms with van der Waals surface area (Å²) in [7, 11) is 0.828. The molecule has 0 aliphatic rings. The first-order chi connectivity index (χ1) is 6.63. The SMILES string of the molecule is COc1cccc(CC(C)P(C)O)c1. The van der Waals surface area contributed by atoms with Gasteiger partial charge in [0.15, 0.2) is 0 Å². The summed E-state index contributed by atoms with van der Waals surface area (Å²) in [4.78, 5) is 9.44. The molecule has 3 heteroatoms. The maximum absolute atomic E-state index is 9.44. The highest BCUT2D eigenvalue weighted by molar-refractivity contribution is 7.51. The molecule has 0 heterocycles. The number of hydrogen-bond donors (Lipinski definition) is 1. The number of methoxy groups -OCH3 is 1. The molecule has 1 aromatic rings. The van der Waals surface area contributed by atoms with Crippen molar-refractivity contribution in [3.05, 3.63) is 29.8 Å². The highest BCUT2D eigenvalue weighted by Crippen LogP contribution is 2.33. The van der Waals surface area contributed by atoms with Crippen molar-refractivity contribution in [1.82, 2.24) is 0 Å². The summed E-state index contributed by atoms with van der Waals surface area (Å²) in [5.74, 6) is 0.882. The van der Waals surface area contributed by atoms with Gasteiger partial charge in [-0.3, -0.25) is 0 Å². The van der Waals surface area contributed by atoms with Gasteiger partial charge in [0.25, 0.3) is 0 Å². The Balaban J connectivity index is 2.66. The van der Waals surface area contributed by atoms with Crippen LogP contribution in [0.1, 0.15) is 12.5 Å². The van der Waals surface area contributed by atoms with E-state index >= 15 is 0 Å². The maximum atomic E-state index is 9.44. The summed E-state index contributed by atoms with van der Waals surface area (Å²) in [5, 5.41) is 0. The van der Waals surface area contributed by atoms with E-state index in [1.807, 2.05) is 24.9 Å². The van der Waals surface area contributed by atoms with Crippen LogP contribution in [-0.4, -0.2) is 24.3 Å². The standard InChI is InChI=1S/C11H17O2P/c1-9(14(3)12)7-10-5-4-6-11(8-10)13-2/h4-6,8-9,12H,7H2,1-3H3. The Kier molecular flexibility index (Phi) is 4.37. The molecule has 0 amide bonds. The third-order valence-corrected chi connectivity index (χ3v) is 3.76. The van der Waals surface area contributed by atoms with Gasteiger partial charge in [0.05, 0.1) is 7.11 Å². The van der Waals surface area contributed by atoms with Crippen molar-refractivity contribution >= 4 is 8.15 Å². The number of benzene rings is 1. The number of rotatable bonds is 4. The molecule has 1 aromatic carbocycles. The second-order valence-corrected chi connectivity index (χ2v) is 5.51. The third-order valence-electron chi connectivity index (χ3n) is 2.30. The van der Waals surface area contributed by atoms with E-state index in [-0.39, 0.29) is 0 Å². The van der Waals surface area contributed by atoms with Crippen LogP contribution in [0.5, 0.6) is 5.75 Å². The minimum Gasteiger partial charge on any atom is -0.497 e. The largest absolute Gasteiger partial charge is 0.497 e. The molecular weight excluding hydrogens is 195 g/mol. The fourth-order valence-corrected chi connectivity index (χ4v) is 1.75. The minimum absolute atomic E-state index is 0.345. The Morgan fingerprint density at radius 3 is 2.79 bits per heavy atom. The average molecular weight is 212 g/mol. The summed E-state index contributed by atoms with van der Waals surface area (Å²) >= 11 is 0. The quantitative estimate of drug-likeness (QED) is 0.777. The van der Waals surface area contributed by atoms with E-state index in [0.717, 1.165) is 12.2 Å². The Labute approximate surface area is 86.8 Å². The molecule has 0 aliphatic heterocycles. The normalized spacial score (nSPS) is 14.9. The fourth-order valence-electron chi connectivity index (χ4n) is 1.27. The molecule has 0 saturated carbocycles. The van der Waals surface area contributed by atoms with Crippen molar-refractivity contribution < 1.29 is 9.63 Å². The van der Waals surface area contributed by atoms with Crippen LogP contribution in [0.25, 0.3) is 0 Å². The summed E-state index contributed by atoms with van der Waals surface area (Å²) in [6.07, 6.45) is 0.913. The van der Waals surface area contributed by atoms with E-state index in [9.17, 15) is 4.89 Å². The van der Waals surface area contributed by atoms with Gasteiger partial charge in [0, 0.05) is 13.8 Å². The van der Waals surface area contributed by atoms with Gasteiger partial charge in [0.1, 0.15) is 5.75 Å². The van der Waals surface area contributed by atoms with Gasteiger partial charge in [-0.2, -0.15) is 0 Å². The molecule has 0 aromatic heterocycles. The van der Waals surface area contributed by atoms with E-state index in [4.69, 9.17) is 4.74 Å². The smallest absolute Gasteiger partial charge is 0.119 e. The van der Waals surface area contributed by atoms with Gasteiger partial charge < -0.3 is 9.63 Å². The Morgan fingerprint density at radius 1 is 1.50 bits per heavy atom. The highest BCUT2D eigenvalue weighted by atomic mass is 31.1. The van der Waals surface area contributed by atoms with Gasteiger partial charge in [-0.1, -0.05) is 19.1 Å². The van der Waals surface area contributed by atoms with Crippen molar-refractivity contribution in [2.24, 2.45) is 0 Å². The van der Waals surface area contributed by atoms with Crippen LogP contribution in [0.3, 0.4) is 0 Å². The Hall–Kier alpha value is -0.590. The van der Waals surface area contributed by atoms with Crippen molar-refractivity contribution in [2.45, 2.75) is 19.0 Å². The van der Waals surface area contributed by atoms with Crippen molar-refractivity contribution in [2.75, 3.05) is 13.8 Å². The summed E-state index contributed by atoms with van der Waals surface area (Å²) in [6, 6.07) is 8.01. The van der Waals surface area contributed by atoms with Crippen LogP contribution >= 0.6 is 8.15 Å². The maximum Gasteiger partial charge on any atom is 0.119 e. The molecule has 1 N–H and O–H groups in total. The molecular formula is C11H17O2P. The minimum atomic E-state index is -0.840. The molecule has 2 unspecified atom stereocenters. The van der Waals surface area contributed by atoms with Crippen LogP contribution in [0, 0.1) is 0 Å². The van der Waals surface area contributed by atoms with E-state index in [2.05, 4.69) is 13.0 Å². The predicted molar refractivity (Wildman–Crippen MR) is 61.2 cm³/mol. The molecule has 0 fully saturated rings. The first-order valence-corrected chi connectivity index (χ1v) is 6.49. The molecule has 0 spiro atoms. The van der Waals surface area contributed by atoms with Crippen molar-refractivity contribution in [3.8, 4) is 5.75 Å². The topological polar surface area (TPSA) is 29.5 Å². The fraction of sp³-hybridized carbons (Fsp3) is 0.455. The first kappa shape index (κ1) is 11.5. The van der Waals surface area contributed by atoms with E-state index in [1.165, 1.54) is 5.56 Å². The zero-order chi connectivity index (χ0) is 10.6. The molecule has 2 atom stereocenters. The summed E-state index contributed by atoms with van der Waals surface area (Å²) in [6.45, 7) is 3.96. The Morgan fingerprint density at radius 2 is 2.21 bits per heavy atom. The highest BCUT2D eigenvalue weighted by Gasteiger charge is 2.09. The van der Waals surface area contributed by atoms with Gasteiger partial charge in [-0.15, -0.1) is 0 Å². The van der Waals surface area contributed by atoms with Gasteiger partial charge in [-0.25, -0.2) is 0 Å². The van der Waals surface area contributed by atoms with E-state index in [0.29, 0.717) is 5.66 Å². The van der Waals surface area contributed by atoms with Crippen LogP contribution in [-0.2, 0) is 6.42 Å². The van der Waals surface area contributed by atoms with Gasteiger partial charge in [-0.05, 0) is 30.8 Å². The lowest BCUT2D eigenvalue weighted by molar-refractivity contribution is 0.414. The molecule has 0 radical (unpaired) electrons. The van der Waals surface area contributed by atoms with Crippen LogP contribution in [0.4, 0.5) is 0 Å². The molecule has 14 heavy (non-hydrogen) atoms. The van der Waals surface area contributed by atoms with E-state index < -0.39 is 8.15 Å². The molecule has 0 saturated heterocycles. The van der Waals surface area contributed by atoms with Crippen LogP contribution in [0.2, 0.25) is 0 Å².